The van der Waals surface area contributed by atoms with E-state index in [1.807, 2.05) is 0 Å². The molecule has 0 spiro atoms. The fourth-order valence-electron chi connectivity index (χ4n) is 0.139. The first-order chi connectivity index (χ1) is 3.71. The molecule has 0 aliphatic rings. The molecule has 158 valence electrons. The molecule has 0 atom stereocenters. The maximum absolute atomic E-state index is 9.63. The van der Waals surface area contributed by atoms with Crippen LogP contribution in [0.15, 0.2) is 0 Å². The normalized spacial score (nSPS) is 5.17. The summed E-state index contributed by atoms with van der Waals surface area (Å²) in [4.78, 5) is 31.0. The number of hydrogen-bond acceptors (Lipinski definition) is 3. The van der Waals surface area contributed by atoms with Crippen LogP contribution in [0.4, 0.5) is 0 Å². The van der Waals surface area contributed by atoms with Gasteiger partial charge in [0.1, 0.15) is 0 Å². The zero-order valence-electron chi connectivity index (χ0n) is 9.91. The van der Waals surface area contributed by atoms with Crippen LogP contribution >= 0.6 is 15.6 Å². The third kappa shape index (κ3) is 182. The van der Waals surface area contributed by atoms with E-state index < -0.39 is 15.6 Å². The van der Waals surface area contributed by atoms with Crippen LogP contribution in [0.1, 0.15) is 0 Å². The molecule has 28 N–H and O–H groups in total. The average Bonchev–Trinajstić information content (AvgIpc) is 1.14. The molecule has 0 aromatic heterocycles. The standard InChI is InChI=1S/3Na.H4O7P2.12H2O.3H/c;;;1-8(2,3)7-9(4,5)6;;;;;;;;;;;;;;;/h;;;(H2,1,2,3)(H2,4,5,6);12*1H2;;;. The first-order valence-electron chi connectivity index (χ1n) is 1.53. The summed E-state index contributed by atoms with van der Waals surface area (Å²) < 4.78 is 22.2. The van der Waals surface area contributed by atoms with Crippen molar-refractivity contribution in [2.24, 2.45) is 0 Å². The van der Waals surface area contributed by atoms with E-state index in [1.165, 1.54) is 0 Å². The Morgan fingerprint density at radius 3 is 0.500 bits per heavy atom. The molecule has 0 aromatic carbocycles. The Bertz CT molecular complexity index is 163. The van der Waals surface area contributed by atoms with E-state index in [-0.39, 0.29) is 154 Å². The monoisotopic (exact) mass is 466 g/mol. The second-order valence-electron chi connectivity index (χ2n) is 1.06. The van der Waals surface area contributed by atoms with Crippen molar-refractivity contribution in [3.63, 3.8) is 0 Å². The molecule has 0 rings (SSSR count). The first kappa shape index (κ1) is 153. The molecule has 0 aliphatic heterocycles. The Morgan fingerprint density at radius 1 is 0.417 bits per heavy atom. The molecule has 0 amide bonds. The quantitative estimate of drug-likeness (QED) is 0.224. The molecule has 0 aliphatic carbocycles. The summed E-state index contributed by atoms with van der Waals surface area (Å²) in [5.74, 6) is 0. The third-order valence-electron chi connectivity index (χ3n) is 0.213. The Labute approximate surface area is 201 Å². The average molecular weight is 466 g/mol. The van der Waals surface area contributed by atoms with Gasteiger partial charge in [-0.2, -0.15) is 4.31 Å². The van der Waals surface area contributed by atoms with Gasteiger partial charge in [-0.1, -0.05) is 0 Å². The molecule has 0 heterocycles. The van der Waals surface area contributed by atoms with Gasteiger partial charge < -0.3 is 85.3 Å². The van der Waals surface area contributed by atoms with Gasteiger partial charge in [-0.15, -0.1) is 0 Å². The van der Waals surface area contributed by atoms with E-state index in [4.69, 9.17) is 19.6 Å². The van der Waals surface area contributed by atoms with Crippen molar-refractivity contribution < 1.29 is 98.7 Å². The van der Waals surface area contributed by atoms with Crippen molar-refractivity contribution in [2.45, 2.75) is 0 Å². The van der Waals surface area contributed by atoms with E-state index in [1.54, 1.807) is 0 Å². The molecule has 24 heteroatoms. The van der Waals surface area contributed by atoms with Gasteiger partial charge in [0.05, 0.1) is 0 Å². The Kier molecular flexibility index (Phi) is 406. The van der Waals surface area contributed by atoms with Gasteiger partial charge in [-0.3, -0.25) is 0 Å². The number of rotatable bonds is 2. The van der Waals surface area contributed by atoms with Crippen LogP contribution in [-0.2, 0) is 13.4 Å². The summed E-state index contributed by atoms with van der Waals surface area (Å²) in [6.45, 7) is 0. The fraction of sp³-hybridized carbons (Fsp3) is 0. The molecule has 0 unspecified atom stereocenters. The molecule has 0 saturated carbocycles. The van der Waals surface area contributed by atoms with Crippen molar-refractivity contribution in [2.75, 3.05) is 0 Å². The first-order valence-corrected chi connectivity index (χ1v) is 4.59. The van der Waals surface area contributed by atoms with E-state index >= 15 is 0 Å². The van der Waals surface area contributed by atoms with Crippen LogP contribution < -0.4 is 0 Å². The van der Waals surface area contributed by atoms with Crippen molar-refractivity contribution in [1.82, 2.24) is 0 Å². The maximum atomic E-state index is 9.63. The van der Waals surface area contributed by atoms with Gasteiger partial charge in [0.25, 0.3) is 0 Å². The molecule has 0 fully saturated rings. The Morgan fingerprint density at radius 2 is 0.500 bits per heavy atom. The summed E-state index contributed by atoms with van der Waals surface area (Å²) in [6, 6.07) is 0. The van der Waals surface area contributed by atoms with Crippen LogP contribution in [0, 0.1) is 0 Å². The topological polar surface area (TPSA) is 502 Å². The van der Waals surface area contributed by atoms with Gasteiger partial charge >= 0.3 is 104 Å². The van der Waals surface area contributed by atoms with E-state index in [0.717, 1.165) is 0 Å². The molecule has 0 saturated heterocycles. The molecular weight excluding hydrogens is 435 g/mol. The van der Waals surface area contributed by atoms with Gasteiger partial charge in [0.15, 0.2) is 0 Å². The van der Waals surface area contributed by atoms with Crippen molar-refractivity contribution in [3.8, 4) is 0 Å². The van der Waals surface area contributed by atoms with Crippen LogP contribution in [-0.4, -0.2) is 174 Å². The third-order valence-corrected chi connectivity index (χ3v) is 1.91. The predicted molar refractivity (Wildman–Crippen MR) is 90.0 cm³/mol. The molecule has 19 nitrogen and oxygen atoms in total. The van der Waals surface area contributed by atoms with E-state index in [0.29, 0.717) is 0 Å². The van der Waals surface area contributed by atoms with Crippen molar-refractivity contribution in [1.29, 1.82) is 0 Å². The van der Waals surface area contributed by atoms with Crippen molar-refractivity contribution >= 4 is 104 Å². The molecule has 0 aromatic rings. The molecule has 24 heavy (non-hydrogen) atoms. The Balaban J connectivity index is -0.00000000305. The van der Waals surface area contributed by atoms with Crippen molar-refractivity contribution in [3.05, 3.63) is 0 Å². The molecule has 0 bridgehead atoms. The van der Waals surface area contributed by atoms with Gasteiger partial charge in [0.2, 0.25) is 0 Å². The van der Waals surface area contributed by atoms with E-state index in [9.17, 15) is 9.13 Å². The van der Waals surface area contributed by atoms with Gasteiger partial charge in [0, 0.05) is 0 Å². The second kappa shape index (κ2) is 63.6. The van der Waals surface area contributed by atoms with Crippen LogP contribution in [0.3, 0.4) is 0 Å². The Hall–Kier alpha value is 2.78. The number of hydrogen-bond donors (Lipinski definition) is 4. The minimum absolute atomic E-state index is 0. The summed E-state index contributed by atoms with van der Waals surface area (Å²) in [6.07, 6.45) is 0. The fourth-order valence-corrected chi connectivity index (χ4v) is 1.25. The predicted octanol–water partition coefficient (Wildman–Crippen LogP) is -12.7. The SMILES string of the molecule is O.O.O.O.O.O.O.O.O.O.O.O.O=P(O)(O)OP(=O)(O)O.[NaH].[NaH].[NaH]. The van der Waals surface area contributed by atoms with Gasteiger partial charge in [-0.05, 0) is 0 Å². The summed E-state index contributed by atoms with van der Waals surface area (Å²) in [5.41, 5.74) is 0. The van der Waals surface area contributed by atoms with Crippen LogP contribution in [0.5, 0.6) is 0 Å². The molecular formula is H31Na3O19P2. The zero-order valence-corrected chi connectivity index (χ0v) is 11.7. The number of phosphoric acid groups is 2. The minimum atomic E-state index is -5.05. The summed E-state index contributed by atoms with van der Waals surface area (Å²) in [5, 5.41) is 0. The summed E-state index contributed by atoms with van der Waals surface area (Å²) in [7, 11) is -10.1. The van der Waals surface area contributed by atoms with Crippen LogP contribution in [0.2, 0.25) is 0 Å². The van der Waals surface area contributed by atoms with Crippen LogP contribution in [0.25, 0.3) is 0 Å². The summed E-state index contributed by atoms with van der Waals surface area (Å²) >= 11 is 0. The molecule has 0 radical (unpaired) electrons. The second-order valence-corrected chi connectivity index (χ2v) is 3.68. The van der Waals surface area contributed by atoms with E-state index in [2.05, 4.69) is 4.31 Å². The van der Waals surface area contributed by atoms with Gasteiger partial charge in [-0.25, -0.2) is 9.13 Å². The zero-order chi connectivity index (χ0) is 7.71.